The third-order valence-electron chi connectivity index (χ3n) is 5.39. The number of thioether (sulfide) groups is 1. The lowest BCUT2D eigenvalue weighted by Gasteiger charge is -2.24. The summed E-state index contributed by atoms with van der Waals surface area (Å²) in [7, 11) is 0. The number of benzene rings is 2. The largest absolute Gasteiger partial charge is 0.328 e. The van der Waals surface area contributed by atoms with Crippen LogP contribution < -0.4 is 0 Å². The molecule has 4 rings (SSSR count). The van der Waals surface area contributed by atoms with Crippen molar-refractivity contribution in [2.75, 3.05) is 12.3 Å². The van der Waals surface area contributed by atoms with Gasteiger partial charge in [-0.25, -0.2) is 0 Å². The summed E-state index contributed by atoms with van der Waals surface area (Å²) in [5.41, 5.74) is 1.27. The average Bonchev–Trinajstić information content (AvgIpc) is 3.45. The van der Waals surface area contributed by atoms with Gasteiger partial charge in [0, 0.05) is 29.2 Å². The van der Waals surface area contributed by atoms with Gasteiger partial charge in [0.25, 0.3) is 5.91 Å². The van der Waals surface area contributed by atoms with Crippen LogP contribution in [0.15, 0.2) is 72.4 Å². The first-order chi connectivity index (χ1) is 15.6. The number of halogens is 1. The first-order valence-corrected chi connectivity index (χ1v) is 11.8. The van der Waals surface area contributed by atoms with Gasteiger partial charge in [-0.2, -0.15) is 0 Å². The van der Waals surface area contributed by atoms with E-state index in [1.807, 2.05) is 39.8 Å². The minimum Gasteiger partial charge on any atom is -0.328 e. The fourth-order valence-corrected chi connectivity index (χ4v) is 4.80. The van der Waals surface area contributed by atoms with Gasteiger partial charge < -0.3 is 9.47 Å². The lowest BCUT2D eigenvalue weighted by molar-refractivity contribution is 0.0727. The van der Waals surface area contributed by atoms with E-state index >= 15 is 0 Å². The van der Waals surface area contributed by atoms with E-state index in [0.29, 0.717) is 34.4 Å². The molecule has 1 atom stereocenters. The number of carbonyl (C=O) groups is 2. The Balaban J connectivity index is 1.54. The van der Waals surface area contributed by atoms with Crippen LogP contribution >= 0.6 is 23.4 Å². The molecule has 6 nitrogen and oxygen atoms in total. The number of hydrogen-bond acceptors (Lipinski definition) is 5. The monoisotopic (exact) mass is 466 g/mol. The summed E-state index contributed by atoms with van der Waals surface area (Å²) in [6.07, 6.45) is 3.47. The maximum atomic E-state index is 13.1. The maximum absolute atomic E-state index is 13.1. The number of nitrogens with zero attached hydrogens (tertiary/aromatic N) is 4. The number of amides is 1. The number of ketones is 1. The van der Waals surface area contributed by atoms with Gasteiger partial charge in [0.1, 0.15) is 0 Å². The van der Waals surface area contributed by atoms with Crippen molar-refractivity contribution in [1.82, 2.24) is 19.7 Å². The fourth-order valence-electron chi connectivity index (χ4n) is 3.83. The second kappa shape index (κ2) is 10.1. The normalized spacial score (nSPS) is 15.7. The van der Waals surface area contributed by atoms with Crippen molar-refractivity contribution in [3.05, 3.63) is 89.2 Å². The zero-order valence-electron chi connectivity index (χ0n) is 17.5. The molecule has 0 radical (unpaired) electrons. The molecular weight excluding hydrogens is 444 g/mol. The maximum Gasteiger partial charge on any atom is 0.254 e. The minimum absolute atomic E-state index is 0.0331. The van der Waals surface area contributed by atoms with Crippen molar-refractivity contribution in [1.29, 1.82) is 0 Å². The lowest BCUT2D eigenvalue weighted by atomic mass is 10.1. The summed E-state index contributed by atoms with van der Waals surface area (Å²) >= 11 is 7.32. The number of Topliss-reactive ketones (excluding diaryl/α,β-unsaturated/α-hetero) is 1. The van der Waals surface area contributed by atoms with E-state index in [1.54, 1.807) is 30.3 Å². The van der Waals surface area contributed by atoms with E-state index in [0.717, 1.165) is 18.7 Å². The Bertz CT molecular complexity index is 1110. The van der Waals surface area contributed by atoms with Crippen LogP contribution in [-0.4, -0.2) is 43.7 Å². The van der Waals surface area contributed by atoms with Crippen molar-refractivity contribution in [2.45, 2.75) is 30.6 Å². The molecule has 0 spiro atoms. The predicted octanol–water partition coefficient (Wildman–Crippen LogP) is 5.07. The van der Waals surface area contributed by atoms with Crippen molar-refractivity contribution < 1.29 is 9.59 Å². The molecule has 32 heavy (non-hydrogen) atoms. The lowest BCUT2D eigenvalue weighted by Crippen LogP contribution is -2.32. The smallest absolute Gasteiger partial charge is 0.254 e. The Kier molecular flexibility index (Phi) is 7.07. The Morgan fingerprint density at radius 2 is 1.84 bits per heavy atom. The predicted molar refractivity (Wildman–Crippen MR) is 126 cm³/mol. The summed E-state index contributed by atoms with van der Waals surface area (Å²) in [5, 5.41) is 10.0. The Labute approximate surface area is 196 Å². The van der Waals surface area contributed by atoms with Gasteiger partial charge in [-0.3, -0.25) is 9.59 Å². The third-order valence-corrected chi connectivity index (χ3v) is 6.61. The van der Waals surface area contributed by atoms with E-state index in [2.05, 4.69) is 16.8 Å². The first-order valence-electron chi connectivity index (χ1n) is 10.4. The Morgan fingerprint density at radius 1 is 1.09 bits per heavy atom. The molecule has 0 aliphatic carbocycles. The van der Waals surface area contributed by atoms with Gasteiger partial charge in [-0.1, -0.05) is 59.8 Å². The van der Waals surface area contributed by atoms with Crippen molar-refractivity contribution in [2.24, 2.45) is 0 Å². The van der Waals surface area contributed by atoms with Gasteiger partial charge in [-0.15, -0.1) is 16.8 Å². The molecule has 1 aliphatic rings. The molecule has 2 aromatic carbocycles. The number of rotatable bonds is 8. The molecule has 1 fully saturated rings. The topological polar surface area (TPSA) is 68.1 Å². The summed E-state index contributed by atoms with van der Waals surface area (Å²) < 4.78 is 1.95. The van der Waals surface area contributed by atoms with Gasteiger partial charge in [0.15, 0.2) is 16.8 Å². The highest BCUT2D eigenvalue weighted by atomic mass is 35.5. The van der Waals surface area contributed by atoms with Crippen LogP contribution in [0.5, 0.6) is 0 Å². The molecule has 164 valence electrons. The van der Waals surface area contributed by atoms with Crippen LogP contribution in [0.1, 0.15) is 45.4 Å². The minimum atomic E-state index is -0.176. The Morgan fingerprint density at radius 3 is 2.56 bits per heavy atom. The standard InChI is InChI=1S/C24H23ClN4O2S/c1-2-14-29-22(26-27-24(29)32-16-21(30)17-7-4-3-5-8-17)20-9-6-15-28(20)23(31)18-10-12-19(25)13-11-18/h2-5,7-8,10-13,20H,1,6,9,14-16H2. The molecule has 1 amide bonds. The molecule has 8 heteroatoms. The van der Waals surface area contributed by atoms with Crippen molar-refractivity contribution in [3.63, 3.8) is 0 Å². The summed E-state index contributed by atoms with van der Waals surface area (Å²) in [6.45, 7) is 5.01. The van der Waals surface area contributed by atoms with E-state index < -0.39 is 0 Å². The number of allylic oxidation sites excluding steroid dienone is 1. The van der Waals surface area contributed by atoms with Crippen LogP contribution in [0.25, 0.3) is 0 Å². The van der Waals surface area contributed by atoms with Crippen LogP contribution in [0, 0.1) is 0 Å². The molecule has 0 saturated carbocycles. The van der Waals surface area contributed by atoms with Crippen LogP contribution in [-0.2, 0) is 6.54 Å². The molecule has 1 unspecified atom stereocenters. The zero-order chi connectivity index (χ0) is 22.5. The first kappa shape index (κ1) is 22.3. The Hall–Kier alpha value is -2.90. The average molecular weight is 467 g/mol. The van der Waals surface area contributed by atoms with Gasteiger partial charge in [-0.05, 0) is 37.1 Å². The zero-order valence-corrected chi connectivity index (χ0v) is 19.1. The molecule has 1 aromatic heterocycles. The van der Waals surface area contributed by atoms with Gasteiger partial charge >= 0.3 is 0 Å². The number of hydrogen-bond donors (Lipinski definition) is 0. The molecule has 0 N–H and O–H groups in total. The number of aromatic nitrogens is 3. The quantitative estimate of drug-likeness (QED) is 0.263. The van der Waals surface area contributed by atoms with Crippen LogP contribution in [0.4, 0.5) is 0 Å². The second-order valence-electron chi connectivity index (χ2n) is 7.48. The van der Waals surface area contributed by atoms with Gasteiger partial charge in [0.2, 0.25) is 0 Å². The molecule has 2 heterocycles. The summed E-state index contributed by atoms with van der Waals surface area (Å²) in [6, 6.07) is 15.9. The van der Waals surface area contributed by atoms with Gasteiger partial charge in [0.05, 0.1) is 11.8 Å². The number of carbonyl (C=O) groups excluding carboxylic acids is 2. The SMILES string of the molecule is C=CCn1c(SCC(=O)c2ccccc2)nnc1C1CCCN1C(=O)c1ccc(Cl)cc1. The summed E-state index contributed by atoms with van der Waals surface area (Å²) in [5.74, 6) is 0.966. The summed E-state index contributed by atoms with van der Waals surface area (Å²) in [4.78, 5) is 27.5. The highest BCUT2D eigenvalue weighted by Crippen LogP contribution is 2.34. The second-order valence-corrected chi connectivity index (χ2v) is 8.86. The molecule has 3 aromatic rings. The van der Waals surface area contributed by atoms with Crippen molar-refractivity contribution in [3.8, 4) is 0 Å². The third kappa shape index (κ3) is 4.79. The number of likely N-dealkylation sites (tertiary alicyclic amines) is 1. The highest BCUT2D eigenvalue weighted by molar-refractivity contribution is 7.99. The molecule has 1 aliphatic heterocycles. The molecule has 1 saturated heterocycles. The fraction of sp³-hybridized carbons (Fsp3) is 0.250. The van der Waals surface area contributed by atoms with Crippen LogP contribution in [0.2, 0.25) is 5.02 Å². The van der Waals surface area contributed by atoms with E-state index in [-0.39, 0.29) is 23.5 Å². The van der Waals surface area contributed by atoms with E-state index in [9.17, 15) is 9.59 Å². The molecule has 0 bridgehead atoms. The highest BCUT2D eigenvalue weighted by Gasteiger charge is 2.34. The van der Waals surface area contributed by atoms with E-state index in [4.69, 9.17) is 11.6 Å². The van der Waals surface area contributed by atoms with Crippen LogP contribution in [0.3, 0.4) is 0 Å². The van der Waals surface area contributed by atoms with Crippen molar-refractivity contribution >= 4 is 35.1 Å². The van der Waals surface area contributed by atoms with E-state index in [1.165, 1.54) is 11.8 Å². The molecular formula is C24H23ClN4O2S.